The minimum Gasteiger partial charge on any atom is -0.493 e. The lowest BCUT2D eigenvalue weighted by Gasteiger charge is -2.37. The Morgan fingerprint density at radius 3 is 2.18 bits per heavy atom. The molecule has 4 rings (SSSR count). The number of methoxy groups -OCH3 is 4. The lowest BCUT2D eigenvalue weighted by molar-refractivity contribution is -0.144. The molecule has 0 aromatic heterocycles. The topological polar surface area (TPSA) is 91.3 Å². The summed E-state index contributed by atoms with van der Waals surface area (Å²) in [5, 5.41) is 12.1. The van der Waals surface area contributed by atoms with Crippen molar-refractivity contribution in [1.82, 2.24) is 0 Å². The summed E-state index contributed by atoms with van der Waals surface area (Å²) >= 11 is 0. The average molecular weight is 450 g/mol. The van der Waals surface area contributed by atoms with E-state index in [1.165, 1.54) is 28.4 Å². The fourth-order valence-electron chi connectivity index (χ4n) is 4.95. The maximum Gasteiger partial charge on any atom is 0.308 e. The highest BCUT2D eigenvalue weighted by atomic mass is 16.5. The number of carboxylic acids is 1. The summed E-state index contributed by atoms with van der Waals surface area (Å²) in [5.41, 5.74) is 1.85. The molecule has 3 aromatic carbocycles. The van der Waals surface area contributed by atoms with Crippen LogP contribution in [0.15, 0.2) is 48.5 Å². The molecule has 0 bridgehead atoms. The van der Waals surface area contributed by atoms with Gasteiger partial charge in [-0.2, -0.15) is 0 Å². The first-order valence-corrected chi connectivity index (χ1v) is 10.5. The van der Waals surface area contributed by atoms with Gasteiger partial charge in [0.1, 0.15) is 0 Å². The second-order valence-electron chi connectivity index (χ2n) is 7.97. The number of carbonyl (C=O) groups is 2. The first-order chi connectivity index (χ1) is 16.0. The molecular weight excluding hydrogens is 424 g/mol. The molecular formula is C26H26O7. The fraction of sp³-hybridized carbons (Fsp3) is 0.308. The summed E-state index contributed by atoms with van der Waals surface area (Å²) in [5.74, 6) is -2.58. The summed E-state index contributed by atoms with van der Waals surface area (Å²) in [6.07, 6.45) is 0. The fourth-order valence-corrected chi connectivity index (χ4v) is 4.95. The van der Waals surface area contributed by atoms with Gasteiger partial charge in [-0.1, -0.05) is 36.4 Å². The van der Waals surface area contributed by atoms with Crippen LogP contribution in [0.5, 0.6) is 17.2 Å². The van der Waals surface area contributed by atoms with Gasteiger partial charge in [0, 0.05) is 18.6 Å². The van der Waals surface area contributed by atoms with E-state index in [-0.39, 0.29) is 12.4 Å². The van der Waals surface area contributed by atoms with Crippen LogP contribution in [0.2, 0.25) is 0 Å². The minimum atomic E-state index is -1.07. The molecule has 1 aliphatic carbocycles. The van der Waals surface area contributed by atoms with Gasteiger partial charge in [0.2, 0.25) is 5.75 Å². The second kappa shape index (κ2) is 9.11. The average Bonchev–Trinajstić information content (AvgIpc) is 2.83. The Morgan fingerprint density at radius 2 is 1.61 bits per heavy atom. The van der Waals surface area contributed by atoms with Gasteiger partial charge in [-0.15, -0.1) is 0 Å². The van der Waals surface area contributed by atoms with Crippen LogP contribution in [0.3, 0.4) is 0 Å². The van der Waals surface area contributed by atoms with Crippen molar-refractivity contribution in [2.75, 3.05) is 35.0 Å². The van der Waals surface area contributed by atoms with Gasteiger partial charge in [-0.05, 0) is 34.0 Å². The van der Waals surface area contributed by atoms with Crippen LogP contribution in [0.1, 0.15) is 27.4 Å². The Hall–Kier alpha value is -3.58. The lowest BCUT2D eigenvalue weighted by Crippen LogP contribution is -2.42. The third-order valence-corrected chi connectivity index (χ3v) is 6.35. The molecule has 0 radical (unpaired) electrons. The first kappa shape index (κ1) is 22.6. The van der Waals surface area contributed by atoms with E-state index in [1.807, 2.05) is 30.3 Å². The van der Waals surface area contributed by atoms with Gasteiger partial charge in [0.15, 0.2) is 17.3 Å². The molecule has 0 aliphatic heterocycles. The van der Waals surface area contributed by atoms with E-state index in [0.29, 0.717) is 33.9 Å². The SMILES string of the molecule is COC[C@H]1C(=O)c2ccc3ccccc3c2[C@@H](c2cc(OC)c(OC)c(OC)c2)[C@@H]1C(=O)O. The first-order valence-electron chi connectivity index (χ1n) is 10.5. The maximum atomic E-state index is 13.5. The predicted molar refractivity (Wildman–Crippen MR) is 123 cm³/mol. The Bertz CT molecular complexity index is 1190. The van der Waals surface area contributed by atoms with Gasteiger partial charge in [-0.25, -0.2) is 0 Å². The van der Waals surface area contributed by atoms with Crippen LogP contribution in [0, 0.1) is 11.8 Å². The zero-order chi connectivity index (χ0) is 23.7. The van der Waals surface area contributed by atoms with E-state index in [9.17, 15) is 14.7 Å². The minimum absolute atomic E-state index is 0.00297. The lowest BCUT2D eigenvalue weighted by atomic mass is 9.65. The quantitative estimate of drug-likeness (QED) is 0.578. The molecule has 33 heavy (non-hydrogen) atoms. The Morgan fingerprint density at radius 1 is 0.939 bits per heavy atom. The number of rotatable bonds is 7. The standard InChI is InChI=1S/C26H26O7/c1-30-13-18-23(26(28)29)21(15-11-19(31-2)25(33-4)20(12-15)32-3)22-16-8-6-5-7-14(16)9-10-17(22)24(18)27/h5-12,18,21,23H,13H2,1-4H3,(H,28,29)/t18-,21-,23-/m1/s1. The van der Waals surface area contributed by atoms with Gasteiger partial charge in [0.05, 0.1) is 39.8 Å². The summed E-state index contributed by atoms with van der Waals surface area (Å²) in [7, 11) is 6.00. The molecule has 1 aliphatic rings. The third-order valence-electron chi connectivity index (χ3n) is 6.35. The molecule has 0 fully saturated rings. The number of benzene rings is 3. The highest BCUT2D eigenvalue weighted by molar-refractivity contribution is 6.08. The number of Topliss-reactive ketones (excluding diaryl/α,β-unsaturated/α-hetero) is 1. The zero-order valence-corrected chi connectivity index (χ0v) is 19.0. The number of hydrogen-bond acceptors (Lipinski definition) is 6. The van der Waals surface area contributed by atoms with Crippen molar-refractivity contribution in [3.05, 3.63) is 65.2 Å². The molecule has 0 spiro atoms. The molecule has 1 N–H and O–H groups in total. The Balaban J connectivity index is 2.09. The number of ketones is 1. The van der Waals surface area contributed by atoms with E-state index in [4.69, 9.17) is 18.9 Å². The van der Waals surface area contributed by atoms with Crippen molar-refractivity contribution in [2.45, 2.75) is 5.92 Å². The number of aliphatic carboxylic acids is 1. The monoisotopic (exact) mass is 450 g/mol. The predicted octanol–water partition coefficient (Wildman–Crippen LogP) is 4.16. The number of ether oxygens (including phenoxy) is 4. The molecule has 7 nitrogen and oxygen atoms in total. The maximum absolute atomic E-state index is 13.5. The second-order valence-corrected chi connectivity index (χ2v) is 7.97. The molecule has 3 atom stereocenters. The van der Waals surface area contributed by atoms with Crippen LogP contribution in [-0.2, 0) is 9.53 Å². The van der Waals surface area contributed by atoms with Crippen LogP contribution in [0.4, 0.5) is 0 Å². The number of hydrogen-bond donors (Lipinski definition) is 1. The van der Waals surface area contributed by atoms with Crippen molar-refractivity contribution in [3.63, 3.8) is 0 Å². The number of carboxylic acid groups (broad SMARTS) is 1. The van der Waals surface area contributed by atoms with Crippen molar-refractivity contribution >= 4 is 22.5 Å². The van der Waals surface area contributed by atoms with Crippen molar-refractivity contribution < 1.29 is 33.6 Å². The zero-order valence-electron chi connectivity index (χ0n) is 19.0. The van der Waals surface area contributed by atoms with Gasteiger partial charge in [0.25, 0.3) is 0 Å². The summed E-state index contributed by atoms with van der Waals surface area (Å²) < 4.78 is 21.8. The van der Waals surface area contributed by atoms with E-state index >= 15 is 0 Å². The molecule has 3 aromatic rings. The van der Waals surface area contributed by atoms with Crippen LogP contribution < -0.4 is 14.2 Å². The van der Waals surface area contributed by atoms with E-state index in [0.717, 1.165) is 10.8 Å². The molecule has 7 heteroatoms. The summed E-state index contributed by atoms with van der Waals surface area (Å²) in [6, 6.07) is 14.9. The third kappa shape index (κ3) is 3.68. The van der Waals surface area contributed by atoms with Gasteiger partial charge < -0.3 is 24.1 Å². The highest BCUT2D eigenvalue weighted by Crippen LogP contribution is 2.50. The largest absolute Gasteiger partial charge is 0.493 e. The summed E-state index contributed by atoms with van der Waals surface area (Å²) in [6.45, 7) is 0.00297. The number of carbonyl (C=O) groups excluding carboxylic acids is 1. The number of fused-ring (bicyclic) bond motifs is 3. The van der Waals surface area contributed by atoms with Crippen LogP contribution >= 0.6 is 0 Å². The van der Waals surface area contributed by atoms with Crippen molar-refractivity contribution in [2.24, 2.45) is 11.8 Å². The van der Waals surface area contributed by atoms with Crippen molar-refractivity contribution in [1.29, 1.82) is 0 Å². The van der Waals surface area contributed by atoms with Crippen LogP contribution in [-0.4, -0.2) is 51.9 Å². The smallest absolute Gasteiger partial charge is 0.308 e. The van der Waals surface area contributed by atoms with Gasteiger partial charge >= 0.3 is 5.97 Å². The molecule has 0 saturated carbocycles. The van der Waals surface area contributed by atoms with Crippen molar-refractivity contribution in [3.8, 4) is 17.2 Å². The van der Waals surface area contributed by atoms with Crippen LogP contribution in [0.25, 0.3) is 10.8 Å². The summed E-state index contributed by atoms with van der Waals surface area (Å²) in [4.78, 5) is 26.1. The Kier molecular flexibility index (Phi) is 6.24. The molecule has 0 heterocycles. The molecule has 0 saturated heterocycles. The highest BCUT2D eigenvalue weighted by Gasteiger charge is 2.47. The van der Waals surface area contributed by atoms with Gasteiger partial charge in [-0.3, -0.25) is 9.59 Å². The van der Waals surface area contributed by atoms with E-state index in [2.05, 4.69) is 0 Å². The normalized spacial score (nSPS) is 19.8. The van der Waals surface area contributed by atoms with E-state index in [1.54, 1.807) is 18.2 Å². The molecule has 172 valence electrons. The molecule has 0 unspecified atom stereocenters. The Labute approximate surface area is 191 Å². The molecule has 0 amide bonds. The van der Waals surface area contributed by atoms with E-state index < -0.39 is 23.7 Å².